The van der Waals surface area contributed by atoms with Crippen LogP contribution in [0.15, 0.2) is 17.6 Å². The number of nitrogens with zero attached hydrogens (tertiary/aromatic N) is 7. The molecule has 4 atom stereocenters. The van der Waals surface area contributed by atoms with Gasteiger partial charge in [0.2, 0.25) is 0 Å². The summed E-state index contributed by atoms with van der Waals surface area (Å²) in [5.41, 5.74) is 0.178. The van der Waals surface area contributed by atoms with Crippen molar-refractivity contribution in [3.63, 3.8) is 0 Å². The van der Waals surface area contributed by atoms with E-state index in [2.05, 4.69) is 31.9 Å². The summed E-state index contributed by atoms with van der Waals surface area (Å²) >= 11 is 0. The Hall–Kier alpha value is -2.71. The van der Waals surface area contributed by atoms with Crippen LogP contribution in [0.2, 0.25) is 0 Å². The monoisotopic (exact) mass is 701 g/mol. The van der Waals surface area contributed by atoms with Gasteiger partial charge in [0.25, 0.3) is 0 Å². The topological polar surface area (TPSA) is 137 Å². The van der Waals surface area contributed by atoms with Crippen molar-refractivity contribution in [3.8, 4) is 0 Å². The van der Waals surface area contributed by atoms with Gasteiger partial charge in [-0.15, -0.1) is 0 Å². The lowest BCUT2D eigenvalue weighted by Gasteiger charge is -2.33. The molecule has 0 spiro atoms. The minimum Gasteiger partial charge on any atom is -0.469 e. The standard InChI is InChI=1S/C37H63N7O6/c1-5-6-7-20-23-43(24-21-18-16-14-12-10-8-9-11-13-15-17-19-22-30(45)47-4)49-26-37-25-48-32(33(37)46)36(50-37)44-29-40-31-34(41-28-42(2)3)38-27-39-35(31)44/h27-29,32-33,36,46H,5-26H2,1-4H3/b41-28-/t32?,33?,36-,37-/m1/s1. The van der Waals surface area contributed by atoms with E-state index < -0.39 is 24.0 Å². The number of aliphatic imine (C=N–C) groups is 1. The average Bonchev–Trinajstić information content (AvgIpc) is 3.78. The predicted molar refractivity (Wildman–Crippen MR) is 194 cm³/mol. The molecule has 2 unspecified atom stereocenters. The number of hydrogen-bond acceptors (Lipinski definition) is 11. The second-order valence-corrected chi connectivity index (χ2v) is 14.2. The molecule has 2 aromatic heterocycles. The number of fused-ring (bicyclic) bond motifs is 3. The maximum Gasteiger partial charge on any atom is 0.305 e. The number of imidazole rings is 1. The van der Waals surface area contributed by atoms with E-state index in [0.717, 1.165) is 38.8 Å². The van der Waals surface area contributed by atoms with Crippen LogP contribution in [0, 0.1) is 0 Å². The molecule has 1 N–H and O–H groups in total. The molecule has 13 nitrogen and oxygen atoms in total. The molecule has 13 heteroatoms. The Kier molecular flexibility index (Phi) is 17.3. The third-order valence-electron chi connectivity index (χ3n) is 9.80. The van der Waals surface area contributed by atoms with Gasteiger partial charge in [0.05, 0.1) is 26.4 Å². The molecule has 0 aromatic carbocycles. The molecule has 2 saturated heterocycles. The number of carbonyl (C=O) groups excluding carboxylic acids is 1. The molecule has 4 rings (SSSR count). The third-order valence-corrected chi connectivity index (χ3v) is 9.80. The van der Waals surface area contributed by atoms with Gasteiger partial charge in [-0.1, -0.05) is 96.8 Å². The van der Waals surface area contributed by atoms with Crippen LogP contribution in [0.1, 0.15) is 129 Å². The summed E-state index contributed by atoms with van der Waals surface area (Å²) in [6.45, 7) is 4.46. The molecule has 2 fully saturated rings. The molecule has 2 aromatic rings. The normalized spacial score (nSPS) is 21.7. The minimum absolute atomic E-state index is 0.0940. The number of ether oxygens (including phenoxy) is 3. The summed E-state index contributed by atoms with van der Waals surface area (Å²) < 4.78 is 19.1. The van der Waals surface area contributed by atoms with Crippen LogP contribution >= 0.6 is 0 Å². The van der Waals surface area contributed by atoms with Crippen LogP contribution in [0.5, 0.6) is 0 Å². The molecule has 2 aliphatic heterocycles. The number of unbranched alkanes of at least 4 members (excludes halogenated alkanes) is 15. The first kappa shape index (κ1) is 40.1. The maximum atomic E-state index is 11.4. The Morgan fingerprint density at radius 2 is 1.58 bits per heavy atom. The molecule has 50 heavy (non-hydrogen) atoms. The van der Waals surface area contributed by atoms with E-state index in [4.69, 9.17) is 19.0 Å². The highest BCUT2D eigenvalue weighted by molar-refractivity contribution is 5.83. The number of methoxy groups -OCH3 is 1. The van der Waals surface area contributed by atoms with E-state index in [1.54, 1.807) is 17.2 Å². The van der Waals surface area contributed by atoms with Crippen molar-refractivity contribution in [2.75, 3.05) is 47.5 Å². The Bertz CT molecular complexity index is 1290. The number of hydroxylamine groups is 2. The first-order valence-corrected chi connectivity index (χ1v) is 19.2. The van der Waals surface area contributed by atoms with Gasteiger partial charge in [0.1, 0.15) is 30.7 Å². The van der Waals surface area contributed by atoms with Crippen LogP contribution < -0.4 is 0 Å². The summed E-state index contributed by atoms with van der Waals surface area (Å²) in [5, 5.41) is 13.4. The van der Waals surface area contributed by atoms with Crippen molar-refractivity contribution < 1.29 is 28.9 Å². The molecule has 0 amide bonds. The highest BCUT2D eigenvalue weighted by Gasteiger charge is 2.62. The summed E-state index contributed by atoms with van der Waals surface area (Å²) in [4.78, 5) is 37.1. The number of esters is 1. The van der Waals surface area contributed by atoms with Crippen molar-refractivity contribution in [1.29, 1.82) is 0 Å². The quantitative estimate of drug-likeness (QED) is 0.0358. The van der Waals surface area contributed by atoms with Gasteiger partial charge in [0, 0.05) is 33.6 Å². The summed E-state index contributed by atoms with van der Waals surface area (Å²) in [6.07, 6.45) is 24.0. The zero-order valence-electron chi connectivity index (χ0n) is 31.1. The lowest BCUT2D eigenvalue weighted by atomic mass is 10.0. The molecule has 2 bridgehead atoms. The van der Waals surface area contributed by atoms with Gasteiger partial charge in [0.15, 0.2) is 23.2 Å². The van der Waals surface area contributed by atoms with Gasteiger partial charge in [-0.25, -0.2) is 19.9 Å². The van der Waals surface area contributed by atoms with Crippen molar-refractivity contribution in [2.24, 2.45) is 4.99 Å². The molecule has 282 valence electrons. The van der Waals surface area contributed by atoms with Gasteiger partial charge in [-0.3, -0.25) is 14.2 Å². The fourth-order valence-electron chi connectivity index (χ4n) is 6.79. The molecule has 0 radical (unpaired) electrons. The van der Waals surface area contributed by atoms with Crippen LogP contribution in [0.4, 0.5) is 5.82 Å². The first-order valence-electron chi connectivity index (χ1n) is 19.2. The van der Waals surface area contributed by atoms with Gasteiger partial charge in [-0.2, -0.15) is 5.06 Å². The molecule has 0 aliphatic carbocycles. The van der Waals surface area contributed by atoms with E-state index in [0.29, 0.717) is 23.4 Å². The lowest BCUT2D eigenvalue weighted by molar-refractivity contribution is -0.244. The van der Waals surface area contributed by atoms with E-state index in [1.165, 1.54) is 96.9 Å². The third kappa shape index (κ3) is 11.9. The maximum absolute atomic E-state index is 11.4. The summed E-state index contributed by atoms with van der Waals surface area (Å²) in [6, 6.07) is 0. The van der Waals surface area contributed by atoms with Gasteiger partial charge < -0.3 is 24.2 Å². The highest BCUT2D eigenvalue weighted by Crippen LogP contribution is 2.46. The molecule has 4 heterocycles. The van der Waals surface area contributed by atoms with E-state index >= 15 is 0 Å². The SMILES string of the molecule is CCCCCCN(CCCCCCCCCCCCCCCC(=O)OC)OC[C@]12COC(C1O)[C@H](n1cnc3c(/N=C\N(C)C)ncnc31)O2. The van der Waals surface area contributed by atoms with Gasteiger partial charge in [-0.05, 0) is 19.3 Å². The number of aromatic nitrogens is 4. The zero-order valence-corrected chi connectivity index (χ0v) is 31.1. The second kappa shape index (κ2) is 21.6. The van der Waals surface area contributed by atoms with Crippen molar-refractivity contribution >= 4 is 29.3 Å². The summed E-state index contributed by atoms with van der Waals surface area (Å²) in [7, 11) is 5.24. The number of hydrogen-bond donors (Lipinski definition) is 1. The molecular weight excluding hydrogens is 638 g/mol. The number of aliphatic hydroxyl groups is 1. The molecule has 0 saturated carbocycles. The zero-order chi connectivity index (χ0) is 35.6. The van der Waals surface area contributed by atoms with E-state index in [9.17, 15) is 9.90 Å². The van der Waals surface area contributed by atoms with Crippen LogP contribution in [-0.4, -0.2) is 112 Å². The van der Waals surface area contributed by atoms with Crippen molar-refractivity contribution in [2.45, 2.75) is 147 Å². The number of aliphatic hydroxyl groups excluding tert-OH is 1. The lowest BCUT2D eigenvalue weighted by Crippen LogP contribution is -2.47. The van der Waals surface area contributed by atoms with Crippen molar-refractivity contribution in [1.82, 2.24) is 29.5 Å². The molecule has 2 aliphatic rings. The Labute approximate surface area is 299 Å². The largest absolute Gasteiger partial charge is 0.469 e. The highest BCUT2D eigenvalue weighted by atomic mass is 16.7. The molecular formula is C37H63N7O6. The predicted octanol–water partition coefficient (Wildman–Crippen LogP) is 6.52. The number of rotatable bonds is 27. The Balaban J connectivity index is 1.17. The van der Waals surface area contributed by atoms with E-state index in [1.807, 2.05) is 19.0 Å². The van der Waals surface area contributed by atoms with Gasteiger partial charge >= 0.3 is 5.97 Å². The fraction of sp³-hybridized carbons (Fsp3) is 0.811. The number of carbonyl (C=O) groups is 1. The smallest absolute Gasteiger partial charge is 0.305 e. The van der Waals surface area contributed by atoms with Crippen LogP contribution in [0.3, 0.4) is 0 Å². The summed E-state index contributed by atoms with van der Waals surface area (Å²) in [5.74, 6) is 0.375. The Morgan fingerprint density at radius 3 is 2.20 bits per heavy atom. The van der Waals surface area contributed by atoms with Crippen molar-refractivity contribution in [3.05, 3.63) is 12.7 Å². The minimum atomic E-state index is -0.961. The Morgan fingerprint density at radius 1 is 0.960 bits per heavy atom. The van der Waals surface area contributed by atoms with Crippen LogP contribution in [0.25, 0.3) is 11.2 Å². The first-order chi connectivity index (χ1) is 24.4. The fourth-order valence-corrected chi connectivity index (χ4v) is 6.79. The second-order valence-electron chi connectivity index (χ2n) is 14.2. The van der Waals surface area contributed by atoms with Crippen LogP contribution in [-0.2, 0) is 23.8 Å². The average molecular weight is 702 g/mol. The van der Waals surface area contributed by atoms with E-state index in [-0.39, 0.29) is 19.2 Å².